The molecule has 2 aromatic rings. The Morgan fingerprint density at radius 1 is 0.920 bits per heavy atom. The monoisotopic (exact) mass is 357 g/mol. The van der Waals surface area contributed by atoms with E-state index < -0.39 is 9.84 Å². The molecule has 0 unspecified atom stereocenters. The van der Waals surface area contributed by atoms with Gasteiger partial charge >= 0.3 is 0 Å². The number of morpholine rings is 1. The van der Waals surface area contributed by atoms with Gasteiger partial charge in [-0.3, -0.25) is 0 Å². The predicted molar refractivity (Wildman–Crippen MR) is 99.9 cm³/mol. The fourth-order valence-corrected chi connectivity index (χ4v) is 4.22. The SMILES string of the molecule is Cc1ccc(/C(=C\N2CCOCC2)S(=O)(=O)c2ccc(C)cc2)cc1. The summed E-state index contributed by atoms with van der Waals surface area (Å²) in [6.45, 7) is 6.55. The Morgan fingerprint density at radius 3 is 2.00 bits per heavy atom. The van der Waals surface area contributed by atoms with E-state index in [1.807, 2.05) is 55.1 Å². The fraction of sp³-hybridized carbons (Fsp3) is 0.300. The van der Waals surface area contributed by atoms with Gasteiger partial charge in [0.25, 0.3) is 0 Å². The number of rotatable bonds is 4. The van der Waals surface area contributed by atoms with Crippen LogP contribution in [-0.2, 0) is 14.6 Å². The van der Waals surface area contributed by atoms with Crippen LogP contribution in [0.5, 0.6) is 0 Å². The molecule has 1 aliphatic rings. The van der Waals surface area contributed by atoms with Crippen LogP contribution in [0.15, 0.2) is 59.6 Å². The molecule has 0 aromatic heterocycles. The molecule has 0 spiro atoms. The van der Waals surface area contributed by atoms with Crippen molar-refractivity contribution in [2.45, 2.75) is 18.7 Å². The second-order valence-corrected chi connectivity index (χ2v) is 8.24. The van der Waals surface area contributed by atoms with Gasteiger partial charge < -0.3 is 9.64 Å². The normalized spacial score (nSPS) is 16.1. The van der Waals surface area contributed by atoms with Crippen LogP contribution in [0.2, 0.25) is 0 Å². The number of benzene rings is 2. The molecule has 0 bridgehead atoms. The van der Waals surface area contributed by atoms with Crippen LogP contribution < -0.4 is 0 Å². The predicted octanol–water partition coefficient (Wildman–Crippen LogP) is 3.41. The van der Waals surface area contributed by atoms with Crippen molar-refractivity contribution in [3.05, 3.63) is 71.4 Å². The minimum absolute atomic E-state index is 0.318. The lowest BCUT2D eigenvalue weighted by molar-refractivity contribution is 0.0597. The summed E-state index contributed by atoms with van der Waals surface area (Å²) in [6.07, 6.45) is 1.77. The zero-order valence-corrected chi connectivity index (χ0v) is 15.4. The molecule has 2 aromatic carbocycles. The standard InChI is InChI=1S/C20H23NO3S/c1-16-3-7-18(8-4-16)20(15-21-11-13-24-14-12-21)25(22,23)19-9-5-17(2)6-10-19/h3-10,15H,11-14H2,1-2H3/b20-15+. The van der Waals surface area contributed by atoms with E-state index in [0.717, 1.165) is 11.1 Å². The van der Waals surface area contributed by atoms with Gasteiger partial charge in [-0.25, -0.2) is 8.42 Å². The van der Waals surface area contributed by atoms with E-state index in [1.54, 1.807) is 18.3 Å². The van der Waals surface area contributed by atoms with Gasteiger partial charge in [0.2, 0.25) is 9.84 Å². The zero-order chi connectivity index (χ0) is 17.9. The van der Waals surface area contributed by atoms with Crippen molar-refractivity contribution < 1.29 is 13.2 Å². The van der Waals surface area contributed by atoms with E-state index in [-0.39, 0.29) is 0 Å². The second-order valence-electron chi connectivity index (χ2n) is 6.32. The Balaban J connectivity index is 2.07. The molecule has 0 N–H and O–H groups in total. The van der Waals surface area contributed by atoms with E-state index in [4.69, 9.17) is 4.74 Å². The molecule has 3 rings (SSSR count). The van der Waals surface area contributed by atoms with Gasteiger partial charge in [-0.15, -0.1) is 0 Å². The summed E-state index contributed by atoms with van der Waals surface area (Å²) in [5, 5.41) is 0. The zero-order valence-electron chi connectivity index (χ0n) is 14.6. The maximum Gasteiger partial charge on any atom is 0.208 e. The lowest BCUT2D eigenvalue weighted by Crippen LogP contribution is -2.32. The lowest BCUT2D eigenvalue weighted by Gasteiger charge is -2.26. The lowest BCUT2D eigenvalue weighted by atomic mass is 10.1. The summed E-state index contributed by atoms with van der Waals surface area (Å²) in [5.74, 6) is 0. The van der Waals surface area contributed by atoms with Gasteiger partial charge in [0.05, 0.1) is 23.0 Å². The summed E-state index contributed by atoms with van der Waals surface area (Å²) < 4.78 is 31.9. The summed E-state index contributed by atoms with van der Waals surface area (Å²) in [6, 6.07) is 14.6. The van der Waals surface area contributed by atoms with Crippen molar-refractivity contribution in [3.8, 4) is 0 Å². The first-order valence-electron chi connectivity index (χ1n) is 8.39. The molecule has 0 amide bonds. The van der Waals surface area contributed by atoms with Gasteiger partial charge in [0.1, 0.15) is 0 Å². The summed E-state index contributed by atoms with van der Waals surface area (Å²) in [7, 11) is -3.60. The summed E-state index contributed by atoms with van der Waals surface area (Å²) in [4.78, 5) is 2.67. The molecule has 1 heterocycles. The summed E-state index contributed by atoms with van der Waals surface area (Å²) in [5.41, 5.74) is 2.84. The highest BCUT2D eigenvalue weighted by Gasteiger charge is 2.24. The Labute approximate surface area is 149 Å². The maximum atomic E-state index is 13.3. The highest BCUT2D eigenvalue weighted by molar-refractivity contribution is 8.00. The first-order valence-corrected chi connectivity index (χ1v) is 9.87. The molecular formula is C20H23NO3S. The van der Waals surface area contributed by atoms with E-state index in [1.165, 1.54) is 0 Å². The first kappa shape index (κ1) is 17.7. The molecule has 0 saturated carbocycles. The molecule has 1 saturated heterocycles. The minimum Gasteiger partial charge on any atom is -0.378 e. The van der Waals surface area contributed by atoms with Crippen molar-refractivity contribution in [2.24, 2.45) is 0 Å². The molecule has 5 heteroatoms. The molecule has 0 radical (unpaired) electrons. The van der Waals surface area contributed by atoms with Crippen molar-refractivity contribution in [2.75, 3.05) is 26.3 Å². The molecule has 0 atom stereocenters. The van der Waals surface area contributed by atoms with Crippen molar-refractivity contribution in [3.63, 3.8) is 0 Å². The number of ether oxygens (including phenoxy) is 1. The number of sulfone groups is 1. The Morgan fingerprint density at radius 2 is 1.44 bits per heavy atom. The number of aryl methyl sites for hydroxylation is 2. The molecular weight excluding hydrogens is 334 g/mol. The van der Waals surface area contributed by atoms with E-state index in [2.05, 4.69) is 0 Å². The largest absolute Gasteiger partial charge is 0.378 e. The van der Waals surface area contributed by atoms with Crippen LogP contribution in [0, 0.1) is 13.8 Å². The van der Waals surface area contributed by atoms with Crippen molar-refractivity contribution in [1.29, 1.82) is 0 Å². The van der Waals surface area contributed by atoms with Crippen LogP contribution in [-0.4, -0.2) is 39.6 Å². The third kappa shape index (κ3) is 4.11. The van der Waals surface area contributed by atoms with Gasteiger partial charge in [-0.1, -0.05) is 47.5 Å². The van der Waals surface area contributed by atoms with Gasteiger partial charge in [0.15, 0.2) is 0 Å². The maximum absolute atomic E-state index is 13.3. The quantitative estimate of drug-likeness (QED) is 0.841. The van der Waals surface area contributed by atoms with E-state index >= 15 is 0 Å². The van der Waals surface area contributed by atoms with Crippen LogP contribution in [0.4, 0.5) is 0 Å². The Bertz CT molecular complexity index is 847. The third-order valence-electron chi connectivity index (χ3n) is 4.30. The molecule has 132 valence electrons. The molecule has 25 heavy (non-hydrogen) atoms. The average Bonchev–Trinajstić information content (AvgIpc) is 2.62. The third-order valence-corrected chi connectivity index (χ3v) is 6.12. The highest BCUT2D eigenvalue weighted by Crippen LogP contribution is 2.29. The number of hydrogen-bond acceptors (Lipinski definition) is 4. The Kier molecular flexibility index (Phi) is 5.25. The number of hydrogen-bond donors (Lipinski definition) is 0. The fourth-order valence-electron chi connectivity index (χ4n) is 2.73. The highest BCUT2D eigenvalue weighted by atomic mass is 32.2. The van der Waals surface area contributed by atoms with Crippen LogP contribution in [0.25, 0.3) is 4.91 Å². The molecule has 1 fully saturated rings. The van der Waals surface area contributed by atoms with Crippen molar-refractivity contribution in [1.82, 2.24) is 4.90 Å². The minimum atomic E-state index is -3.60. The van der Waals surface area contributed by atoms with Gasteiger partial charge in [-0.2, -0.15) is 0 Å². The molecule has 0 aliphatic carbocycles. The average molecular weight is 357 g/mol. The van der Waals surface area contributed by atoms with Crippen molar-refractivity contribution >= 4 is 14.7 Å². The molecule has 1 aliphatic heterocycles. The smallest absolute Gasteiger partial charge is 0.208 e. The van der Waals surface area contributed by atoms with Gasteiger partial charge in [-0.05, 0) is 31.5 Å². The van der Waals surface area contributed by atoms with Crippen LogP contribution >= 0.6 is 0 Å². The first-order chi connectivity index (χ1) is 12.0. The summed E-state index contributed by atoms with van der Waals surface area (Å²) >= 11 is 0. The molecule has 4 nitrogen and oxygen atoms in total. The second kappa shape index (κ2) is 7.42. The Hall–Kier alpha value is -2.11. The van der Waals surface area contributed by atoms with Gasteiger partial charge in [0, 0.05) is 19.3 Å². The van der Waals surface area contributed by atoms with Crippen LogP contribution in [0.3, 0.4) is 0 Å². The van der Waals surface area contributed by atoms with E-state index in [9.17, 15) is 8.42 Å². The number of nitrogens with zero attached hydrogens (tertiary/aromatic N) is 1. The van der Waals surface area contributed by atoms with E-state index in [0.29, 0.717) is 41.7 Å². The topological polar surface area (TPSA) is 46.6 Å². The van der Waals surface area contributed by atoms with Crippen LogP contribution in [0.1, 0.15) is 16.7 Å².